The number of benzene rings is 3. The third-order valence-corrected chi connectivity index (χ3v) is 5.71. The van der Waals surface area contributed by atoms with E-state index < -0.39 is 17.7 Å². The number of halogens is 1. The molecule has 0 spiro atoms. The predicted octanol–water partition coefficient (Wildman–Crippen LogP) is 5.76. The second kappa shape index (κ2) is 10.0. The number of carbonyl (C=O) groups is 2. The number of amides is 1. The van der Waals surface area contributed by atoms with Gasteiger partial charge in [-0.2, -0.15) is 0 Å². The highest BCUT2D eigenvalue weighted by atomic mass is 35.5. The van der Waals surface area contributed by atoms with Crippen LogP contribution >= 0.6 is 11.6 Å². The first-order valence-corrected chi connectivity index (χ1v) is 11.3. The van der Waals surface area contributed by atoms with Crippen LogP contribution in [-0.2, 0) is 9.59 Å². The van der Waals surface area contributed by atoms with Crippen molar-refractivity contribution >= 4 is 34.7 Å². The van der Waals surface area contributed by atoms with Gasteiger partial charge in [0.15, 0.2) is 0 Å². The third-order valence-electron chi connectivity index (χ3n) is 5.48. The van der Waals surface area contributed by atoms with Crippen molar-refractivity contribution < 1.29 is 24.2 Å². The molecule has 1 atom stereocenters. The molecule has 34 heavy (non-hydrogen) atoms. The van der Waals surface area contributed by atoms with E-state index in [1.165, 1.54) is 4.90 Å². The van der Waals surface area contributed by atoms with Crippen LogP contribution in [0.15, 0.2) is 78.4 Å². The highest BCUT2D eigenvalue weighted by Gasteiger charge is 2.47. The molecule has 0 bridgehead atoms. The fourth-order valence-electron chi connectivity index (χ4n) is 3.98. The molecule has 1 aliphatic rings. The molecule has 6 nitrogen and oxygen atoms in total. The zero-order valence-electron chi connectivity index (χ0n) is 18.8. The largest absolute Gasteiger partial charge is 0.507 e. The number of aliphatic hydroxyl groups is 1. The SMILES string of the molecule is CCOc1ccc(/C(O)=C2\C(=O)C(=O)N(c3cccc(Cl)c3)C2c2ccc(OCC)cc2)cc1. The Hall–Kier alpha value is -3.77. The molecule has 0 aromatic heterocycles. The molecule has 4 rings (SSSR count). The summed E-state index contributed by atoms with van der Waals surface area (Å²) in [6.07, 6.45) is 0. The van der Waals surface area contributed by atoms with Crippen molar-refractivity contribution in [2.45, 2.75) is 19.9 Å². The van der Waals surface area contributed by atoms with Gasteiger partial charge in [0.2, 0.25) is 0 Å². The van der Waals surface area contributed by atoms with Crippen molar-refractivity contribution in [2.75, 3.05) is 18.1 Å². The van der Waals surface area contributed by atoms with Crippen LogP contribution in [0, 0.1) is 0 Å². The first-order chi connectivity index (χ1) is 16.4. The molecule has 3 aromatic rings. The lowest BCUT2D eigenvalue weighted by Gasteiger charge is -2.25. The van der Waals surface area contributed by atoms with E-state index in [0.29, 0.717) is 46.5 Å². The summed E-state index contributed by atoms with van der Waals surface area (Å²) in [4.78, 5) is 27.8. The van der Waals surface area contributed by atoms with Gasteiger partial charge in [0, 0.05) is 16.3 Å². The number of anilines is 1. The number of Topliss-reactive ketones (excluding diaryl/α,β-unsaturated/α-hetero) is 1. The van der Waals surface area contributed by atoms with E-state index in [1.54, 1.807) is 72.8 Å². The molecule has 0 aliphatic carbocycles. The minimum Gasteiger partial charge on any atom is -0.507 e. The van der Waals surface area contributed by atoms with Crippen LogP contribution in [0.1, 0.15) is 31.0 Å². The predicted molar refractivity (Wildman–Crippen MR) is 131 cm³/mol. The van der Waals surface area contributed by atoms with Gasteiger partial charge in [-0.05, 0) is 74.0 Å². The highest BCUT2D eigenvalue weighted by molar-refractivity contribution is 6.51. The Morgan fingerprint density at radius 2 is 1.50 bits per heavy atom. The Morgan fingerprint density at radius 3 is 2.06 bits per heavy atom. The van der Waals surface area contributed by atoms with E-state index in [-0.39, 0.29) is 11.3 Å². The Balaban J connectivity index is 1.86. The van der Waals surface area contributed by atoms with Gasteiger partial charge in [-0.25, -0.2) is 0 Å². The highest BCUT2D eigenvalue weighted by Crippen LogP contribution is 2.43. The van der Waals surface area contributed by atoms with Crippen molar-refractivity contribution in [3.05, 3.63) is 94.5 Å². The molecule has 174 valence electrons. The second-order valence-electron chi connectivity index (χ2n) is 7.61. The first-order valence-electron chi connectivity index (χ1n) is 11.0. The van der Waals surface area contributed by atoms with Crippen molar-refractivity contribution in [3.8, 4) is 11.5 Å². The number of aliphatic hydroxyl groups excluding tert-OH is 1. The molecule has 1 unspecified atom stereocenters. The van der Waals surface area contributed by atoms with Gasteiger partial charge in [0.05, 0.1) is 24.8 Å². The average Bonchev–Trinajstić information content (AvgIpc) is 3.10. The van der Waals surface area contributed by atoms with Crippen LogP contribution in [0.25, 0.3) is 5.76 Å². The normalized spacial score (nSPS) is 17.1. The summed E-state index contributed by atoms with van der Waals surface area (Å²) < 4.78 is 11.0. The number of rotatable bonds is 7. The van der Waals surface area contributed by atoms with Gasteiger partial charge in [-0.1, -0.05) is 29.8 Å². The van der Waals surface area contributed by atoms with E-state index >= 15 is 0 Å². The van der Waals surface area contributed by atoms with Crippen molar-refractivity contribution in [1.82, 2.24) is 0 Å². The number of hydrogen-bond donors (Lipinski definition) is 1. The molecule has 1 saturated heterocycles. The Labute approximate surface area is 203 Å². The van der Waals surface area contributed by atoms with E-state index in [4.69, 9.17) is 21.1 Å². The fraction of sp³-hybridized carbons (Fsp3) is 0.185. The first kappa shape index (κ1) is 23.4. The van der Waals surface area contributed by atoms with E-state index in [0.717, 1.165) is 0 Å². The van der Waals surface area contributed by atoms with Crippen LogP contribution in [0.3, 0.4) is 0 Å². The zero-order chi connectivity index (χ0) is 24.2. The molecule has 3 aromatic carbocycles. The van der Waals surface area contributed by atoms with Crippen LogP contribution in [-0.4, -0.2) is 30.0 Å². The number of hydrogen-bond acceptors (Lipinski definition) is 5. The van der Waals surface area contributed by atoms with Crippen LogP contribution < -0.4 is 14.4 Å². The molecule has 1 amide bonds. The monoisotopic (exact) mass is 477 g/mol. The molecule has 1 heterocycles. The van der Waals surface area contributed by atoms with Gasteiger partial charge < -0.3 is 14.6 Å². The Bertz CT molecular complexity index is 1230. The number of ether oxygens (including phenoxy) is 2. The molecule has 7 heteroatoms. The summed E-state index contributed by atoms with van der Waals surface area (Å²) in [5.74, 6) is -0.470. The quantitative estimate of drug-likeness (QED) is 0.266. The molecule has 1 fully saturated rings. The smallest absolute Gasteiger partial charge is 0.300 e. The van der Waals surface area contributed by atoms with Gasteiger partial charge >= 0.3 is 0 Å². The van der Waals surface area contributed by atoms with E-state index in [9.17, 15) is 14.7 Å². The number of carbonyl (C=O) groups excluding carboxylic acids is 2. The molecular weight excluding hydrogens is 454 g/mol. The van der Waals surface area contributed by atoms with E-state index in [2.05, 4.69) is 0 Å². The topological polar surface area (TPSA) is 76.1 Å². The summed E-state index contributed by atoms with van der Waals surface area (Å²) in [6, 6.07) is 19.7. The van der Waals surface area contributed by atoms with Crippen LogP contribution in [0.4, 0.5) is 5.69 Å². The Morgan fingerprint density at radius 1 is 0.912 bits per heavy atom. The maximum Gasteiger partial charge on any atom is 0.300 e. The van der Waals surface area contributed by atoms with Gasteiger partial charge in [-0.15, -0.1) is 0 Å². The minimum absolute atomic E-state index is 0.00158. The van der Waals surface area contributed by atoms with Crippen molar-refractivity contribution in [1.29, 1.82) is 0 Å². The summed E-state index contributed by atoms with van der Waals surface area (Å²) in [6.45, 7) is 4.78. The molecular formula is C27H24ClNO5. The van der Waals surface area contributed by atoms with Crippen molar-refractivity contribution in [3.63, 3.8) is 0 Å². The van der Waals surface area contributed by atoms with Gasteiger partial charge in [-0.3, -0.25) is 14.5 Å². The summed E-state index contributed by atoms with van der Waals surface area (Å²) in [5.41, 5.74) is 1.51. The lowest BCUT2D eigenvalue weighted by atomic mass is 9.95. The summed E-state index contributed by atoms with van der Waals surface area (Å²) >= 11 is 6.18. The van der Waals surface area contributed by atoms with Crippen LogP contribution in [0.5, 0.6) is 11.5 Å². The third kappa shape index (κ3) is 4.50. The minimum atomic E-state index is -0.847. The number of nitrogens with zero attached hydrogens (tertiary/aromatic N) is 1. The maximum absolute atomic E-state index is 13.2. The lowest BCUT2D eigenvalue weighted by Crippen LogP contribution is -2.29. The van der Waals surface area contributed by atoms with E-state index in [1.807, 2.05) is 13.8 Å². The molecule has 0 saturated carbocycles. The lowest BCUT2D eigenvalue weighted by molar-refractivity contribution is -0.132. The summed E-state index contributed by atoms with van der Waals surface area (Å²) in [5, 5.41) is 11.6. The summed E-state index contributed by atoms with van der Waals surface area (Å²) in [7, 11) is 0. The van der Waals surface area contributed by atoms with Crippen molar-refractivity contribution in [2.24, 2.45) is 0 Å². The average molecular weight is 478 g/mol. The van der Waals surface area contributed by atoms with Gasteiger partial charge in [0.1, 0.15) is 17.3 Å². The molecule has 1 N–H and O–H groups in total. The zero-order valence-corrected chi connectivity index (χ0v) is 19.6. The molecule has 0 radical (unpaired) electrons. The second-order valence-corrected chi connectivity index (χ2v) is 8.04. The maximum atomic E-state index is 13.2. The fourth-order valence-corrected chi connectivity index (χ4v) is 4.17. The van der Waals surface area contributed by atoms with Gasteiger partial charge in [0.25, 0.3) is 11.7 Å². The van der Waals surface area contributed by atoms with Crippen LogP contribution in [0.2, 0.25) is 5.02 Å². The Kier molecular flexibility index (Phi) is 6.89. The standard InChI is InChI=1S/C27H24ClNO5/c1-3-33-21-12-8-17(9-13-21)24-23(25(30)18-10-14-22(15-11-18)34-4-2)26(31)27(32)29(24)20-7-5-6-19(28)16-20/h5-16,24,30H,3-4H2,1-2H3/b25-23+. The molecule has 1 aliphatic heterocycles. The number of ketones is 1.